The molecule has 1 heterocycles. The number of carboxylic acid groups (broad SMARTS) is 1. The highest BCUT2D eigenvalue weighted by Crippen LogP contribution is 2.25. The van der Waals surface area contributed by atoms with Crippen LogP contribution < -0.4 is 5.32 Å². The number of carbonyl (C=O) groups excluding carboxylic acids is 1. The van der Waals surface area contributed by atoms with Gasteiger partial charge in [0.25, 0.3) is 0 Å². The van der Waals surface area contributed by atoms with E-state index in [0.29, 0.717) is 26.4 Å². The molecule has 0 saturated heterocycles. The summed E-state index contributed by atoms with van der Waals surface area (Å²) in [5.41, 5.74) is 0.939. The van der Waals surface area contributed by atoms with Crippen LogP contribution in [0, 0.1) is 0 Å². The van der Waals surface area contributed by atoms with Gasteiger partial charge in [-0.2, -0.15) is 0 Å². The number of amides is 1. The SMILES string of the molecule is C[C@H](C(=O)Nc1cc(Cl)cc(Cl)c1)c1nc(CC(=O)O)cs1. The lowest BCUT2D eigenvalue weighted by Gasteiger charge is -2.10. The highest BCUT2D eigenvalue weighted by molar-refractivity contribution is 7.09. The van der Waals surface area contributed by atoms with Gasteiger partial charge in [-0.15, -0.1) is 11.3 Å². The minimum Gasteiger partial charge on any atom is -0.481 e. The van der Waals surface area contributed by atoms with E-state index in [9.17, 15) is 9.59 Å². The lowest BCUT2D eigenvalue weighted by Crippen LogP contribution is -2.18. The zero-order valence-corrected chi connectivity index (χ0v) is 13.8. The molecule has 0 saturated carbocycles. The molecule has 22 heavy (non-hydrogen) atoms. The summed E-state index contributed by atoms with van der Waals surface area (Å²) in [6.45, 7) is 1.70. The minimum absolute atomic E-state index is 0.158. The van der Waals surface area contributed by atoms with Crippen molar-refractivity contribution in [1.29, 1.82) is 0 Å². The fourth-order valence-electron chi connectivity index (χ4n) is 1.75. The van der Waals surface area contributed by atoms with Crippen LogP contribution in [0.4, 0.5) is 5.69 Å². The van der Waals surface area contributed by atoms with E-state index in [4.69, 9.17) is 28.3 Å². The summed E-state index contributed by atoms with van der Waals surface area (Å²) in [5, 5.41) is 14.5. The molecule has 2 aromatic rings. The standard InChI is InChI=1S/C14H12Cl2N2O3S/c1-7(14-18-11(6-22-14)5-12(19)20)13(21)17-10-3-8(15)2-9(16)4-10/h2-4,6-7H,5H2,1H3,(H,17,21)(H,19,20)/t7-/m1/s1. The fraction of sp³-hybridized carbons (Fsp3) is 0.214. The molecule has 0 unspecified atom stereocenters. The Balaban J connectivity index is 2.08. The van der Waals surface area contributed by atoms with E-state index in [1.807, 2.05) is 0 Å². The number of aromatic nitrogens is 1. The van der Waals surface area contributed by atoms with E-state index in [2.05, 4.69) is 10.3 Å². The zero-order chi connectivity index (χ0) is 16.3. The molecule has 0 radical (unpaired) electrons. The van der Waals surface area contributed by atoms with Crippen molar-refractivity contribution in [3.8, 4) is 0 Å². The number of carboxylic acids is 1. The maximum atomic E-state index is 12.2. The smallest absolute Gasteiger partial charge is 0.309 e. The highest BCUT2D eigenvalue weighted by atomic mass is 35.5. The van der Waals surface area contributed by atoms with Gasteiger partial charge in [-0.25, -0.2) is 4.98 Å². The van der Waals surface area contributed by atoms with Gasteiger partial charge in [0.05, 0.1) is 18.0 Å². The summed E-state index contributed by atoms with van der Waals surface area (Å²) in [7, 11) is 0. The number of benzene rings is 1. The molecule has 116 valence electrons. The van der Waals surface area contributed by atoms with E-state index in [0.717, 1.165) is 0 Å². The van der Waals surface area contributed by atoms with Gasteiger partial charge in [0.1, 0.15) is 5.01 Å². The van der Waals surface area contributed by atoms with E-state index in [1.54, 1.807) is 30.5 Å². The maximum Gasteiger partial charge on any atom is 0.309 e. The third kappa shape index (κ3) is 4.43. The molecular formula is C14H12Cl2N2O3S. The monoisotopic (exact) mass is 358 g/mol. The summed E-state index contributed by atoms with van der Waals surface area (Å²) < 4.78 is 0. The van der Waals surface area contributed by atoms with Crippen LogP contribution in [-0.2, 0) is 16.0 Å². The summed E-state index contributed by atoms with van der Waals surface area (Å²) in [4.78, 5) is 27.0. The Morgan fingerprint density at radius 1 is 1.32 bits per heavy atom. The van der Waals surface area contributed by atoms with Gasteiger partial charge in [-0.3, -0.25) is 9.59 Å². The second-order valence-corrected chi connectivity index (χ2v) is 6.38. The van der Waals surface area contributed by atoms with E-state index in [-0.39, 0.29) is 12.3 Å². The normalized spacial score (nSPS) is 12.0. The molecule has 8 heteroatoms. The molecular weight excluding hydrogens is 347 g/mol. The van der Waals surface area contributed by atoms with Gasteiger partial charge < -0.3 is 10.4 Å². The fourth-order valence-corrected chi connectivity index (χ4v) is 3.15. The van der Waals surface area contributed by atoms with Crippen LogP contribution in [0.25, 0.3) is 0 Å². The lowest BCUT2D eigenvalue weighted by atomic mass is 10.1. The summed E-state index contributed by atoms with van der Waals surface area (Å²) >= 11 is 13.0. The van der Waals surface area contributed by atoms with Crippen molar-refractivity contribution in [1.82, 2.24) is 4.98 Å². The molecule has 0 bridgehead atoms. The largest absolute Gasteiger partial charge is 0.481 e. The van der Waals surface area contributed by atoms with Crippen molar-refractivity contribution in [2.24, 2.45) is 0 Å². The van der Waals surface area contributed by atoms with Crippen LogP contribution in [-0.4, -0.2) is 22.0 Å². The molecule has 2 N–H and O–H groups in total. The molecule has 1 atom stereocenters. The Labute approximate surface area is 140 Å². The Morgan fingerprint density at radius 2 is 1.95 bits per heavy atom. The van der Waals surface area contributed by atoms with Crippen molar-refractivity contribution < 1.29 is 14.7 Å². The number of thiazole rings is 1. The maximum absolute atomic E-state index is 12.2. The average molecular weight is 359 g/mol. The average Bonchev–Trinajstić information content (AvgIpc) is 2.84. The number of carbonyl (C=O) groups is 2. The van der Waals surface area contributed by atoms with Crippen LogP contribution in [0.15, 0.2) is 23.6 Å². The number of anilines is 1. The van der Waals surface area contributed by atoms with Crippen LogP contribution in [0.3, 0.4) is 0 Å². The first-order valence-corrected chi connectivity index (χ1v) is 7.91. The predicted molar refractivity (Wildman–Crippen MR) is 87.0 cm³/mol. The minimum atomic E-state index is -0.956. The molecule has 5 nitrogen and oxygen atoms in total. The van der Waals surface area contributed by atoms with Gasteiger partial charge in [-0.1, -0.05) is 23.2 Å². The summed E-state index contributed by atoms with van der Waals surface area (Å²) in [5.74, 6) is -1.73. The second kappa shape index (κ2) is 7.09. The van der Waals surface area contributed by atoms with E-state index in [1.165, 1.54) is 11.3 Å². The zero-order valence-electron chi connectivity index (χ0n) is 11.5. The van der Waals surface area contributed by atoms with Crippen molar-refractivity contribution in [2.45, 2.75) is 19.3 Å². The molecule has 1 amide bonds. The first-order chi connectivity index (χ1) is 10.3. The highest BCUT2D eigenvalue weighted by Gasteiger charge is 2.20. The Kier molecular flexibility index (Phi) is 5.39. The Bertz CT molecular complexity index is 698. The molecule has 0 fully saturated rings. The number of aliphatic carboxylic acids is 1. The number of hydrogen-bond acceptors (Lipinski definition) is 4. The number of halogens is 2. The molecule has 1 aromatic carbocycles. The first kappa shape index (κ1) is 16.7. The van der Waals surface area contributed by atoms with Gasteiger partial charge >= 0.3 is 5.97 Å². The number of nitrogens with zero attached hydrogens (tertiary/aromatic N) is 1. The van der Waals surface area contributed by atoms with Crippen LogP contribution in [0.2, 0.25) is 10.0 Å². The quantitative estimate of drug-likeness (QED) is 0.851. The molecule has 0 aliphatic carbocycles. The number of rotatable bonds is 5. The van der Waals surface area contributed by atoms with Crippen LogP contribution in [0.1, 0.15) is 23.5 Å². The topological polar surface area (TPSA) is 79.3 Å². The van der Waals surface area contributed by atoms with Gasteiger partial charge in [0.2, 0.25) is 5.91 Å². The number of hydrogen-bond donors (Lipinski definition) is 2. The lowest BCUT2D eigenvalue weighted by molar-refractivity contribution is -0.136. The van der Waals surface area contributed by atoms with E-state index >= 15 is 0 Å². The third-order valence-corrected chi connectivity index (χ3v) is 4.31. The first-order valence-electron chi connectivity index (χ1n) is 6.28. The Hall–Kier alpha value is -1.63. The van der Waals surface area contributed by atoms with Gasteiger partial charge in [0.15, 0.2) is 0 Å². The van der Waals surface area contributed by atoms with Crippen molar-refractivity contribution in [3.63, 3.8) is 0 Å². The predicted octanol–water partition coefficient (Wildman–Crippen LogP) is 3.82. The molecule has 1 aromatic heterocycles. The van der Waals surface area contributed by atoms with Crippen molar-refractivity contribution in [2.75, 3.05) is 5.32 Å². The number of nitrogens with one attached hydrogen (secondary N) is 1. The molecule has 0 spiro atoms. The Morgan fingerprint density at radius 3 is 2.55 bits per heavy atom. The van der Waals surface area contributed by atoms with Crippen molar-refractivity contribution in [3.05, 3.63) is 44.3 Å². The third-order valence-electron chi connectivity index (χ3n) is 2.80. The molecule has 0 aliphatic heterocycles. The van der Waals surface area contributed by atoms with Crippen molar-refractivity contribution >= 4 is 52.1 Å². The molecule has 0 aliphatic rings. The van der Waals surface area contributed by atoms with Gasteiger partial charge in [0, 0.05) is 21.1 Å². The summed E-state index contributed by atoms with van der Waals surface area (Å²) in [6.07, 6.45) is -0.158. The van der Waals surface area contributed by atoms with Gasteiger partial charge in [-0.05, 0) is 25.1 Å². The summed E-state index contributed by atoms with van der Waals surface area (Å²) in [6, 6.07) is 4.76. The van der Waals surface area contributed by atoms with Crippen LogP contribution >= 0.6 is 34.5 Å². The second-order valence-electron chi connectivity index (χ2n) is 4.62. The molecule has 2 rings (SSSR count). The van der Waals surface area contributed by atoms with Crippen LogP contribution in [0.5, 0.6) is 0 Å². The van der Waals surface area contributed by atoms with E-state index < -0.39 is 11.9 Å².